The van der Waals surface area contributed by atoms with Crippen LogP contribution in [0.3, 0.4) is 0 Å². The molecule has 0 aliphatic heterocycles. The van der Waals surface area contributed by atoms with Gasteiger partial charge >= 0.3 is 0 Å². The number of hydrogen-bond acceptors (Lipinski definition) is 0. The Kier molecular flexibility index (Phi) is 4.74. The summed E-state index contributed by atoms with van der Waals surface area (Å²) in [5, 5.41) is 2.55. The predicted octanol–water partition coefficient (Wildman–Crippen LogP) is 5.52. The van der Waals surface area contributed by atoms with Crippen molar-refractivity contribution >= 4 is 10.8 Å². The number of hydrogen-bond donors (Lipinski definition) is 0. The van der Waals surface area contributed by atoms with Gasteiger partial charge in [-0.05, 0) is 35.4 Å². The van der Waals surface area contributed by atoms with Crippen LogP contribution in [-0.4, -0.2) is 0 Å². The molecular weight excluding hydrogens is 352 g/mol. The fourth-order valence-electron chi connectivity index (χ4n) is 4.08. The number of aryl methyl sites for hydroxylation is 2. The van der Waals surface area contributed by atoms with Crippen LogP contribution in [-0.2, 0) is 12.5 Å². The van der Waals surface area contributed by atoms with Crippen molar-refractivity contribution in [3.05, 3.63) is 89.9 Å². The zero-order valence-electron chi connectivity index (χ0n) is 18.3. The van der Waals surface area contributed by atoms with Crippen molar-refractivity contribution in [2.24, 2.45) is 7.05 Å². The SMILES string of the molecule is Cc1c(-c2c3ccccc3cc[n+]2C)cc(C(C)(C)C)cc1-[n+]1ccccc1C. The van der Waals surface area contributed by atoms with Crippen LogP contribution >= 0.6 is 0 Å². The van der Waals surface area contributed by atoms with Gasteiger partial charge in [0.25, 0.3) is 0 Å². The minimum absolute atomic E-state index is 0.0591. The molecule has 0 atom stereocenters. The topological polar surface area (TPSA) is 7.76 Å². The molecular formula is C27H30N2+2. The highest BCUT2D eigenvalue weighted by Crippen LogP contribution is 2.34. The highest BCUT2D eigenvalue weighted by atomic mass is 15.0. The fraction of sp³-hybridized carbons (Fsp3) is 0.259. The second-order valence-corrected chi connectivity index (χ2v) is 8.99. The van der Waals surface area contributed by atoms with Gasteiger partial charge in [-0.2, -0.15) is 4.57 Å². The normalized spacial score (nSPS) is 11.8. The molecule has 2 aromatic heterocycles. The molecule has 2 nitrogen and oxygen atoms in total. The Balaban J connectivity index is 2.12. The maximum absolute atomic E-state index is 2.39. The Labute approximate surface area is 174 Å². The van der Waals surface area contributed by atoms with E-state index in [0.29, 0.717) is 0 Å². The van der Waals surface area contributed by atoms with Gasteiger partial charge in [0.15, 0.2) is 18.1 Å². The lowest BCUT2D eigenvalue weighted by atomic mass is 9.83. The Morgan fingerprint density at radius 2 is 1.52 bits per heavy atom. The number of nitrogens with zero attached hydrogens (tertiary/aromatic N) is 2. The van der Waals surface area contributed by atoms with E-state index in [1.165, 1.54) is 44.5 Å². The van der Waals surface area contributed by atoms with Crippen LogP contribution in [0.2, 0.25) is 0 Å². The highest BCUT2D eigenvalue weighted by molar-refractivity contribution is 5.94. The van der Waals surface area contributed by atoms with Gasteiger partial charge in [0.2, 0.25) is 11.4 Å². The van der Waals surface area contributed by atoms with Crippen LogP contribution in [0.25, 0.3) is 27.7 Å². The van der Waals surface area contributed by atoms with Gasteiger partial charge < -0.3 is 0 Å². The van der Waals surface area contributed by atoms with Gasteiger partial charge in [0, 0.05) is 36.8 Å². The molecule has 4 aromatic rings. The third-order valence-corrected chi connectivity index (χ3v) is 5.87. The van der Waals surface area contributed by atoms with E-state index in [1.807, 2.05) is 0 Å². The first-order valence-corrected chi connectivity index (χ1v) is 10.3. The molecule has 2 heterocycles. The molecule has 0 N–H and O–H groups in total. The molecule has 2 aromatic carbocycles. The summed E-state index contributed by atoms with van der Waals surface area (Å²) in [7, 11) is 2.14. The first-order chi connectivity index (χ1) is 13.8. The van der Waals surface area contributed by atoms with Crippen molar-refractivity contribution in [1.82, 2.24) is 0 Å². The Morgan fingerprint density at radius 3 is 2.24 bits per heavy atom. The van der Waals surface area contributed by atoms with Crippen molar-refractivity contribution in [1.29, 1.82) is 0 Å². The Morgan fingerprint density at radius 1 is 0.793 bits per heavy atom. The lowest BCUT2D eigenvalue weighted by Crippen LogP contribution is -2.36. The molecule has 0 saturated heterocycles. The smallest absolute Gasteiger partial charge is 0.200 e. The predicted molar refractivity (Wildman–Crippen MR) is 120 cm³/mol. The molecule has 0 spiro atoms. The third-order valence-electron chi connectivity index (χ3n) is 5.87. The number of benzene rings is 2. The first-order valence-electron chi connectivity index (χ1n) is 10.3. The summed E-state index contributed by atoms with van der Waals surface area (Å²) < 4.78 is 4.56. The van der Waals surface area contributed by atoms with Crippen molar-refractivity contribution in [2.75, 3.05) is 0 Å². The highest BCUT2D eigenvalue weighted by Gasteiger charge is 2.27. The molecule has 0 amide bonds. The molecule has 0 bridgehead atoms. The average molecular weight is 383 g/mol. The van der Waals surface area contributed by atoms with E-state index in [-0.39, 0.29) is 5.41 Å². The minimum atomic E-state index is 0.0591. The lowest BCUT2D eigenvalue weighted by molar-refractivity contribution is -0.659. The second kappa shape index (κ2) is 7.11. The van der Waals surface area contributed by atoms with Gasteiger partial charge in [-0.1, -0.05) is 45.0 Å². The molecule has 0 radical (unpaired) electrons. The van der Waals surface area contributed by atoms with E-state index in [0.717, 1.165) is 0 Å². The largest absolute Gasteiger partial charge is 0.220 e. The molecule has 0 unspecified atom stereocenters. The van der Waals surface area contributed by atoms with Crippen LogP contribution in [0.4, 0.5) is 0 Å². The summed E-state index contributed by atoms with van der Waals surface area (Å²) in [4.78, 5) is 0. The van der Waals surface area contributed by atoms with E-state index in [1.54, 1.807) is 0 Å². The zero-order chi connectivity index (χ0) is 20.8. The quantitative estimate of drug-likeness (QED) is 0.403. The number of rotatable bonds is 2. The van der Waals surface area contributed by atoms with Crippen molar-refractivity contribution in [3.63, 3.8) is 0 Å². The summed E-state index contributed by atoms with van der Waals surface area (Å²) in [6, 6.07) is 22.0. The number of fused-ring (bicyclic) bond motifs is 1. The van der Waals surface area contributed by atoms with Gasteiger partial charge in [-0.3, -0.25) is 0 Å². The van der Waals surface area contributed by atoms with E-state index in [9.17, 15) is 0 Å². The van der Waals surface area contributed by atoms with E-state index >= 15 is 0 Å². The molecule has 146 valence electrons. The maximum atomic E-state index is 2.39. The third kappa shape index (κ3) is 3.44. The van der Waals surface area contributed by atoms with Crippen LogP contribution in [0, 0.1) is 13.8 Å². The van der Waals surface area contributed by atoms with Gasteiger partial charge in [0.1, 0.15) is 7.05 Å². The van der Waals surface area contributed by atoms with Gasteiger partial charge in [-0.25, -0.2) is 4.57 Å². The summed E-state index contributed by atoms with van der Waals surface area (Å²) in [6.07, 6.45) is 4.33. The van der Waals surface area contributed by atoms with Crippen LogP contribution < -0.4 is 9.13 Å². The van der Waals surface area contributed by atoms with Crippen molar-refractivity contribution < 1.29 is 9.13 Å². The zero-order valence-corrected chi connectivity index (χ0v) is 18.3. The van der Waals surface area contributed by atoms with Crippen LogP contribution in [0.15, 0.2) is 73.1 Å². The summed E-state index contributed by atoms with van der Waals surface area (Å²) in [5.74, 6) is 0. The molecule has 2 heteroatoms. The summed E-state index contributed by atoms with van der Waals surface area (Å²) >= 11 is 0. The van der Waals surface area contributed by atoms with E-state index in [2.05, 4.69) is 124 Å². The van der Waals surface area contributed by atoms with Crippen LogP contribution in [0.5, 0.6) is 0 Å². The van der Waals surface area contributed by atoms with E-state index in [4.69, 9.17) is 0 Å². The van der Waals surface area contributed by atoms with Crippen molar-refractivity contribution in [2.45, 2.75) is 40.0 Å². The maximum Gasteiger partial charge on any atom is 0.220 e. The molecule has 4 rings (SSSR count). The fourth-order valence-corrected chi connectivity index (χ4v) is 4.08. The second-order valence-electron chi connectivity index (χ2n) is 8.99. The van der Waals surface area contributed by atoms with E-state index < -0.39 is 0 Å². The summed E-state index contributed by atoms with van der Waals surface area (Å²) in [6.45, 7) is 11.3. The standard InChI is InChI=1S/C27H30N2/c1-19-11-9-10-15-29(19)25-18-22(27(3,4)5)17-24(20(25)2)26-23-13-8-7-12-21(23)14-16-28(26)6/h7-18H,1-6H3/q+2. The van der Waals surface area contributed by atoms with Crippen LogP contribution in [0.1, 0.15) is 37.6 Å². The molecule has 0 saturated carbocycles. The first kappa shape index (κ1) is 19.3. The molecule has 0 aliphatic rings. The minimum Gasteiger partial charge on any atom is -0.200 e. The summed E-state index contributed by atoms with van der Waals surface area (Å²) in [5.41, 5.74) is 7.74. The molecule has 29 heavy (non-hydrogen) atoms. The number of pyridine rings is 2. The number of aromatic nitrogens is 2. The van der Waals surface area contributed by atoms with Crippen molar-refractivity contribution in [3.8, 4) is 16.9 Å². The van der Waals surface area contributed by atoms with Gasteiger partial charge in [-0.15, -0.1) is 0 Å². The Bertz CT molecular complexity index is 1210. The molecule has 0 aliphatic carbocycles. The monoisotopic (exact) mass is 382 g/mol. The lowest BCUT2D eigenvalue weighted by Gasteiger charge is -2.21. The average Bonchev–Trinajstić information content (AvgIpc) is 2.68. The Hall–Kier alpha value is -3.00. The molecule has 0 fully saturated rings. The van der Waals surface area contributed by atoms with Gasteiger partial charge in [0.05, 0.1) is 10.9 Å².